The summed E-state index contributed by atoms with van der Waals surface area (Å²) in [6, 6.07) is 8.29. The summed E-state index contributed by atoms with van der Waals surface area (Å²) in [4.78, 5) is 12.9. The molecule has 3 heteroatoms. The molecule has 0 amide bonds. The number of carbonyl (C=O) groups is 1. The molecule has 0 aliphatic rings. The molecule has 0 bridgehead atoms. The summed E-state index contributed by atoms with van der Waals surface area (Å²) in [5.74, 6) is -0.983. The molecule has 0 fully saturated rings. The number of hydrogen-bond donors (Lipinski definition) is 1. The summed E-state index contributed by atoms with van der Waals surface area (Å²) in [7, 11) is 2.03. The summed E-state index contributed by atoms with van der Waals surface area (Å²) in [5.41, 5.74) is 2.59. The van der Waals surface area contributed by atoms with E-state index in [4.69, 9.17) is 5.11 Å². The van der Waals surface area contributed by atoms with E-state index >= 15 is 0 Å². The number of carboxylic acids is 1. The molecule has 0 saturated carbocycles. The van der Waals surface area contributed by atoms with Crippen molar-refractivity contribution in [1.29, 1.82) is 0 Å². The Morgan fingerprint density at radius 2 is 2.06 bits per heavy atom. The first-order valence-electron chi connectivity index (χ1n) is 5.96. The number of benzene rings is 1. The van der Waals surface area contributed by atoms with E-state index in [1.54, 1.807) is 6.92 Å². The third kappa shape index (κ3) is 4.57. The molecule has 1 rings (SSSR count). The van der Waals surface area contributed by atoms with Gasteiger partial charge in [-0.2, -0.15) is 0 Å². The average Bonchev–Trinajstić information content (AvgIpc) is 2.29. The molecule has 0 radical (unpaired) electrons. The van der Waals surface area contributed by atoms with Crippen LogP contribution in [0.25, 0.3) is 0 Å². The van der Waals surface area contributed by atoms with E-state index in [0.717, 1.165) is 13.1 Å². The average molecular weight is 235 g/mol. The lowest BCUT2D eigenvalue weighted by Crippen LogP contribution is -2.23. The van der Waals surface area contributed by atoms with E-state index in [0.29, 0.717) is 6.42 Å². The lowest BCUT2D eigenvalue weighted by molar-refractivity contribution is -0.141. The van der Waals surface area contributed by atoms with Crippen molar-refractivity contribution in [3.8, 4) is 0 Å². The fourth-order valence-electron chi connectivity index (χ4n) is 1.69. The Hall–Kier alpha value is -1.35. The molecule has 1 N–H and O–H groups in total. The Kier molecular flexibility index (Phi) is 5.16. The first kappa shape index (κ1) is 13.7. The van der Waals surface area contributed by atoms with Crippen molar-refractivity contribution in [2.45, 2.75) is 26.8 Å². The molecule has 0 aromatic heterocycles. The zero-order valence-corrected chi connectivity index (χ0v) is 10.8. The summed E-state index contributed by atoms with van der Waals surface area (Å²) < 4.78 is 0. The van der Waals surface area contributed by atoms with Crippen LogP contribution < -0.4 is 0 Å². The predicted octanol–water partition coefficient (Wildman–Crippen LogP) is 2.54. The van der Waals surface area contributed by atoms with Gasteiger partial charge in [0, 0.05) is 6.54 Å². The van der Waals surface area contributed by atoms with E-state index in [1.165, 1.54) is 11.1 Å². The molecular formula is C14H21NO2. The van der Waals surface area contributed by atoms with Gasteiger partial charge in [0.05, 0.1) is 5.92 Å². The van der Waals surface area contributed by atoms with Crippen molar-refractivity contribution in [1.82, 2.24) is 4.90 Å². The highest BCUT2D eigenvalue weighted by Gasteiger charge is 2.11. The van der Waals surface area contributed by atoms with Crippen molar-refractivity contribution in [2.24, 2.45) is 5.92 Å². The van der Waals surface area contributed by atoms with Crippen LogP contribution in [-0.2, 0) is 11.3 Å². The van der Waals surface area contributed by atoms with Crippen LogP contribution in [0.4, 0.5) is 0 Å². The number of aliphatic carboxylic acids is 1. The van der Waals surface area contributed by atoms with E-state index in [-0.39, 0.29) is 5.92 Å². The van der Waals surface area contributed by atoms with Crippen molar-refractivity contribution in [3.05, 3.63) is 35.4 Å². The molecule has 0 spiro atoms. The number of aryl methyl sites for hydroxylation is 1. The minimum Gasteiger partial charge on any atom is -0.481 e. The van der Waals surface area contributed by atoms with Crippen LogP contribution >= 0.6 is 0 Å². The Bertz CT molecular complexity index is 376. The molecule has 94 valence electrons. The van der Waals surface area contributed by atoms with Gasteiger partial charge in [-0.1, -0.05) is 31.2 Å². The van der Waals surface area contributed by atoms with E-state index in [9.17, 15) is 4.79 Å². The zero-order chi connectivity index (χ0) is 12.8. The van der Waals surface area contributed by atoms with Gasteiger partial charge in [-0.15, -0.1) is 0 Å². The number of carboxylic acid groups (broad SMARTS) is 1. The van der Waals surface area contributed by atoms with Gasteiger partial charge in [0.1, 0.15) is 0 Å². The van der Waals surface area contributed by atoms with Crippen LogP contribution in [0.15, 0.2) is 24.3 Å². The van der Waals surface area contributed by atoms with Gasteiger partial charge in [0.25, 0.3) is 0 Å². The number of nitrogens with zero attached hydrogens (tertiary/aromatic N) is 1. The first-order valence-corrected chi connectivity index (χ1v) is 5.96. The number of rotatable bonds is 6. The van der Waals surface area contributed by atoms with Crippen LogP contribution in [-0.4, -0.2) is 29.6 Å². The summed E-state index contributed by atoms with van der Waals surface area (Å²) in [6.45, 7) is 5.54. The minimum atomic E-state index is -0.714. The molecule has 0 aliphatic heterocycles. The van der Waals surface area contributed by atoms with Crippen LogP contribution in [0.3, 0.4) is 0 Å². The quantitative estimate of drug-likeness (QED) is 0.823. The molecule has 17 heavy (non-hydrogen) atoms. The summed E-state index contributed by atoms with van der Waals surface area (Å²) in [6.07, 6.45) is 0.692. The zero-order valence-electron chi connectivity index (χ0n) is 10.8. The van der Waals surface area contributed by atoms with Gasteiger partial charge in [-0.25, -0.2) is 0 Å². The molecule has 0 heterocycles. The fraction of sp³-hybridized carbons (Fsp3) is 0.500. The lowest BCUT2D eigenvalue weighted by Gasteiger charge is -2.19. The molecule has 0 saturated heterocycles. The maximum absolute atomic E-state index is 10.7. The largest absolute Gasteiger partial charge is 0.481 e. The maximum atomic E-state index is 10.7. The Morgan fingerprint density at radius 1 is 1.41 bits per heavy atom. The van der Waals surface area contributed by atoms with E-state index in [1.807, 2.05) is 19.2 Å². The van der Waals surface area contributed by atoms with Crippen LogP contribution in [0, 0.1) is 12.8 Å². The summed E-state index contributed by atoms with van der Waals surface area (Å²) >= 11 is 0. The second-order valence-electron chi connectivity index (χ2n) is 4.69. The van der Waals surface area contributed by atoms with Crippen molar-refractivity contribution in [2.75, 3.05) is 13.6 Å². The molecule has 1 aromatic carbocycles. The van der Waals surface area contributed by atoms with Crippen molar-refractivity contribution in [3.63, 3.8) is 0 Å². The third-order valence-corrected chi connectivity index (χ3v) is 3.07. The molecule has 1 atom stereocenters. The highest BCUT2D eigenvalue weighted by atomic mass is 16.4. The first-order chi connectivity index (χ1) is 8.00. The molecule has 0 aliphatic carbocycles. The molecule has 3 nitrogen and oxygen atoms in total. The normalized spacial score (nSPS) is 12.7. The topological polar surface area (TPSA) is 40.5 Å². The van der Waals surface area contributed by atoms with E-state index in [2.05, 4.69) is 24.0 Å². The van der Waals surface area contributed by atoms with Crippen LogP contribution in [0.1, 0.15) is 24.5 Å². The lowest BCUT2D eigenvalue weighted by atomic mass is 10.1. The highest BCUT2D eigenvalue weighted by molar-refractivity contribution is 5.69. The molecular weight excluding hydrogens is 214 g/mol. The smallest absolute Gasteiger partial charge is 0.306 e. The Labute approximate surface area is 103 Å². The fourth-order valence-corrected chi connectivity index (χ4v) is 1.69. The van der Waals surface area contributed by atoms with E-state index < -0.39 is 5.97 Å². The van der Waals surface area contributed by atoms with Gasteiger partial charge in [0.2, 0.25) is 0 Å². The second-order valence-corrected chi connectivity index (χ2v) is 4.69. The van der Waals surface area contributed by atoms with Gasteiger partial charge in [0.15, 0.2) is 0 Å². The summed E-state index contributed by atoms with van der Waals surface area (Å²) in [5, 5.41) is 8.81. The van der Waals surface area contributed by atoms with Gasteiger partial charge >= 0.3 is 5.97 Å². The SMILES string of the molecule is Cc1ccccc1CN(C)CCC(C)C(=O)O. The van der Waals surface area contributed by atoms with Gasteiger partial charge in [-0.3, -0.25) is 4.79 Å². The van der Waals surface area contributed by atoms with Crippen LogP contribution in [0.5, 0.6) is 0 Å². The van der Waals surface area contributed by atoms with Crippen molar-refractivity contribution < 1.29 is 9.90 Å². The van der Waals surface area contributed by atoms with Gasteiger partial charge in [-0.05, 0) is 38.1 Å². The maximum Gasteiger partial charge on any atom is 0.306 e. The predicted molar refractivity (Wildman–Crippen MR) is 68.9 cm³/mol. The molecule has 1 unspecified atom stereocenters. The monoisotopic (exact) mass is 235 g/mol. The van der Waals surface area contributed by atoms with Gasteiger partial charge < -0.3 is 10.0 Å². The second kappa shape index (κ2) is 6.40. The van der Waals surface area contributed by atoms with Crippen LogP contribution in [0.2, 0.25) is 0 Å². The standard InChI is InChI=1S/C14H21NO2/c1-11-6-4-5-7-13(11)10-15(3)9-8-12(2)14(16)17/h4-7,12H,8-10H2,1-3H3,(H,16,17). The number of hydrogen-bond acceptors (Lipinski definition) is 2. The Balaban J connectivity index is 2.42. The minimum absolute atomic E-state index is 0.269. The van der Waals surface area contributed by atoms with Crippen molar-refractivity contribution >= 4 is 5.97 Å². The molecule has 1 aromatic rings. The Morgan fingerprint density at radius 3 is 2.65 bits per heavy atom. The third-order valence-electron chi connectivity index (χ3n) is 3.07. The highest BCUT2D eigenvalue weighted by Crippen LogP contribution is 2.11.